The molecular formula is C22H22F3N3. The number of benzene rings is 1. The highest BCUT2D eigenvalue weighted by Gasteiger charge is 2.42. The summed E-state index contributed by atoms with van der Waals surface area (Å²) in [7, 11) is 0. The minimum Gasteiger partial charge on any atom is -0.354 e. The van der Waals surface area contributed by atoms with E-state index in [2.05, 4.69) is 10.6 Å². The molecule has 0 bridgehead atoms. The van der Waals surface area contributed by atoms with Crippen LogP contribution in [0.25, 0.3) is 16.6 Å². The Kier molecular flexibility index (Phi) is 4.49. The summed E-state index contributed by atoms with van der Waals surface area (Å²) >= 11 is 0. The molecule has 1 aliphatic carbocycles. The SMILES string of the molecule is Cc1ccc2c(C#N)c(C3=CC=CCN3[C@@H](C)C(F)(F)F)n(CC3CC3)c2c1. The number of allylic oxidation sites excluding steroid dienone is 2. The van der Waals surface area contributed by atoms with Crippen molar-refractivity contribution >= 4 is 16.6 Å². The van der Waals surface area contributed by atoms with Crippen molar-refractivity contribution in [2.24, 2.45) is 5.92 Å². The van der Waals surface area contributed by atoms with Gasteiger partial charge in [0.2, 0.25) is 0 Å². The summed E-state index contributed by atoms with van der Waals surface area (Å²) in [5.74, 6) is 0.523. The Morgan fingerprint density at radius 1 is 1.29 bits per heavy atom. The van der Waals surface area contributed by atoms with Crippen molar-refractivity contribution in [3.05, 3.63) is 53.2 Å². The highest BCUT2D eigenvalue weighted by Crippen LogP contribution is 2.40. The van der Waals surface area contributed by atoms with Gasteiger partial charge < -0.3 is 9.47 Å². The van der Waals surface area contributed by atoms with E-state index in [0.29, 0.717) is 22.9 Å². The molecular weight excluding hydrogens is 363 g/mol. The maximum atomic E-state index is 13.5. The maximum absolute atomic E-state index is 13.5. The topological polar surface area (TPSA) is 32.0 Å². The van der Waals surface area contributed by atoms with Crippen LogP contribution in [0.4, 0.5) is 13.2 Å². The largest absolute Gasteiger partial charge is 0.408 e. The van der Waals surface area contributed by atoms with E-state index in [1.165, 1.54) is 11.8 Å². The van der Waals surface area contributed by atoms with Crippen molar-refractivity contribution in [3.63, 3.8) is 0 Å². The van der Waals surface area contributed by atoms with E-state index in [1.807, 2.05) is 25.1 Å². The number of aryl methyl sites for hydroxylation is 1. The standard InChI is InChI=1S/C22H22F3N3/c1-14-6-9-17-18(12-26)21(28(20(17)11-14)13-16-7-8-16)19-5-3-4-10-27(19)15(2)22(23,24)25/h3-6,9,11,15-16H,7-8,10,13H2,1-2H3/t15-/m0/s1. The van der Waals surface area contributed by atoms with Crippen molar-refractivity contribution in [1.29, 1.82) is 5.26 Å². The van der Waals surface area contributed by atoms with Crippen molar-refractivity contribution < 1.29 is 13.2 Å². The second-order valence-electron chi connectivity index (χ2n) is 7.76. The number of nitriles is 1. The van der Waals surface area contributed by atoms with Crippen molar-refractivity contribution in [2.75, 3.05) is 6.54 Å². The number of aromatic nitrogens is 1. The van der Waals surface area contributed by atoms with E-state index in [0.717, 1.165) is 35.9 Å². The van der Waals surface area contributed by atoms with Gasteiger partial charge in [-0.05, 0) is 50.3 Å². The van der Waals surface area contributed by atoms with E-state index in [-0.39, 0.29) is 6.54 Å². The van der Waals surface area contributed by atoms with Gasteiger partial charge in [0.05, 0.1) is 22.5 Å². The number of hydrogen-bond acceptors (Lipinski definition) is 2. The van der Waals surface area contributed by atoms with E-state index < -0.39 is 12.2 Å². The number of rotatable bonds is 4. The van der Waals surface area contributed by atoms with Gasteiger partial charge in [0.15, 0.2) is 0 Å². The second kappa shape index (κ2) is 6.73. The normalized spacial score (nSPS) is 18.3. The van der Waals surface area contributed by atoms with Crippen LogP contribution in [0, 0.1) is 24.2 Å². The second-order valence-corrected chi connectivity index (χ2v) is 7.76. The van der Waals surface area contributed by atoms with Crippen LogP contribution < -0.4 is 0 Å². The fourth-order valence-corrected chi connectivity index (χ4v) is 3.87. The van der Waals surface area contributed by atoms with Crippen LogP contribution in [0.15, 0.2) is 36.4 Å². The first kappa shape index (κ1) is 18.7. The van der Waals surface area contributed by atoms with Crippen molar-refractivity contribution in [2.45, 2.75) is 45.5 Å². The average Bonchev–Trinajstić information content (AvgIpc) is 3.42. The molecule has 146 valence electrons. The van der Waals surface area contributed by atoms with Gasteiger partial charge in [0.1, 0.15) is 12.1 Å². The lowest BCUT2D eigenvalue weighted by Gasteiger charge is -2.35. The van der Waals surface area contributed by atoms with Crippen LogP contribution in [-0.4, -0.2) is 28.2 Å². The molecule has 1 aromatic carbocycles. The first-order valence-corrected chi connectivity index (χ1v) is 9.54. The molecule has 3 nitrogen and oxygen atoms in total. The highest BCUT2D eigenvalue weighted by atomic mass is 19.4. The highest BCUT2D eigenvalue weighted by molar-refractivity contribution is 5.93. The van der Waals surface area contributed by atoms with Gasteiger partial charge in [-0.1, -0.05) is 24.3 Å². The predicted octanol–water partition coefficient (Wildman–Crippen LogP) is 5.39. The summed E-state index contributed by atoms with van der Waals surface area (Å²) in [6, 6.07) is 6.52. The molecule has 1 saturated carbocycles. The van der Waals surface area contributed by atoms with Gasteiger partial charge in [-0.25, -0.2) is 0 Å². The minimum absolute atomic E-state index is 0.168. The fraction of sp³-hybridized carbons (Fsp3) is 0.409. The molecule has 0 saturated heterocycles. The first-order valence-electron chi connectivity index (χ1n) is 9.54. The Bertz CT molecular complexity index is 1020. The van der Waals surface area contributed by atoms with Crippen LogP contribution in [-0.2, 0) is 6.54 Å². The van der Waals surface area contributed by atoms with Crippen molar-refractivity contribution in [1.82, 2.24) is 9.47 Å². The molecule has 2 aromatic rings. The van der Waals surface area contributed by atoms with Crippen LogP contribution in [0.3, 0.4) is 0 Å². The molecule has 28 heavy (non-hydrogen) atoms. The summed E-state index contributed by atoms with van der Waals surface area (Å²) < 4.78 is 42.6. The Morgan fingerprint density at radius 2 is 2.04 bits per heavy atom. The van der Waals surface area contributed by atoms with E-state index in [9.17, 15) is 18.4 Å². The van der Waals surface area contributed by atoms with Crippen molar-refractivity contribution in [3.8, 4) is 6.07 Å². The third-order valence-corrected chi connectivity index (χ3v) is 5.66. The van der Waals surface area contributed by atoms with Gasteiger partial charge in [-0.15, -0.1) is 0 Å². The quantitative estimate of drug-likeness (QED) is 0.706. The molecule has 1 fully saturated rings. The van der Waals surface area contributed by atoms with E-state index in [1.54, 1.807) is 18.2 Å². The lowest BCUT2D eigenvalue weighted by Crippen LogP contribution is -2.43. The molecule has 0 unspecified atom stereocenters. The Morgan fingerprint density at radius 3 is 2.68 bits per heavy atom. The molecule has 1 aromatic heterocycles. The first-order chi connectivity index (χ1) is 13.3. The third-order valence-electron chi connectivity index (χ3n) is 5.66. The van der Waals surface area contributed by atoms with Gasteiger partial charge in [-0.2, -0.15) is 18.4 Å². The average molecular weight is 385 g/mol. The minimum atomic E-state index is -4.35. The molecule has 0 amide bonds. The number of alkyl halides is 3. The van der Waals surface area contributed by atoms with Gasteiger partial charge >= 0.3 is 6.18 Å². The zero-order valence-electron chi connectivity index (χ0n) is 15.9. The molecule has 2 aliphatic rings. The summed E-state index contributed by atoms with van der Waals surface area (Å²) in [5, 5.41) is 10.7. The molecule has 1 aliphatic heterocycles. The Labute approximate surface area is 162 Å². The van der Waals surface area contributed by atoms with Crippen LogP contribution in [0.2, 0.25) is 0 Å². The summed E-state index contributed by atoms with van der Waals surface area (Å²) in [5.41, 5.74) is 3.52. The summed E-state index contributed by atoms with van der Waals surface area (Å²) in [6.45, 7) is 4.06. The number of nitrogens with zero attached hydrogens (tertiary/aromatic N) is 3. The predicted molar refractivity (Wildman–Crippen MR) is 103 cm³/mol. The number of halogens is 3. The lowest BCUT2D eigenvalue weighted by molar-refractivity contribution is -0.169. The lowest BCUT2D eigenvalue weighted by atomic mass is 10.1. The van der Waals surface area contributed by atoms with Gasteiger partial charge in [0, 0.05) is 18.5 Å². The smallest absolute Gasteiger partial charge is 0.354 e. The monoisotopic (exact) mass is 385 g/mol. The zero-order chi connectivity index (χ0) is 20.1. The summed E-state index contributed by atoms with van der Waals surface area (Å²) in [6.07, 6.45) is 3.09. The summed E-state index contributed by atoms with van der Waals surface area (Å²) in [4.78, 5) is 1.35. The third kappa shape index (κ3) is 3.19. The zero-order valence-corrected chi connectivity index (χ0v) is 15.9. The van der Waals surface area contributed by atoms with E-state index in [4.69, 9.17) is 0 Å². The molecule has 4 rings (SSSR count). The Balaban J connectivity index is 1.94. The molecule has 0 radical (unpaired) electrons. The van der Waals surface area contributed by atoms with Crippen LogP contribution in [0.1, 0.15) is 36.6 Å². The fourth-order valence-electron chi connectivity index (χ4n) is 3.87. The molecule has 1 atom stereocenters. The van der Waals surface area contributed by atoms with E-state index >= 15 is 0 Å². The van der Waals surface area contributed by atoms with Crippen LogP contribution in [0.5, 0.6) is 0 Å². The van der Waals surface area contributed by atoms with Gasteiger partial charge in [-0.3, -0.25) is 0 Å². The van der Waals surface area contributed by atoms with Crippen LogP contribution >= 0.6 is 0 Å². The molecule has 2 heterocycles. The molecule has 0 spiro atoms. The Hall–Kier alpha value is -2.68. The number of hydrogen-bond donors (Lipinski definition) is 0. The maximum Gasteiger partial charge on any atom is 0.408 e. The van der Waals surface area contributed by atoms with Gasteiger partial charge in [0.25, 0.3) is 0 Å². The molecule has 0 N–H and O–H groups in total. The number of fused-ring (bicyclic) bond motifs is 1. The molecule has 6 heteroatoms.